The number of amides is 1. The number of esters is 1. The molecule has 0 atom stereocenters. The molecule has 144 valence electrons. The number of hydrogen-bond acceptors (Lipinski definition) is 4. The second-order valence-electron chi connectivity index (χ2n) is 6.14. The van der Waals surface area contributed by atoms with E-state index in [-0.39, 0.29) is 31.3 Å². The highest BCUT2D eigenvalue weighted by Crippen LogP contribution is 2.25. The number of rotatable bonds is 7. The molecule has 0 aliphatic rings. The molecule has 1 N–H and O–H groups in total. The first-order valence-electron chi connectivity index (χ1n) is 8.80. The molecule has 0 unspecified atom stereocenters. The molecule has 0 aliphatic carbocycles. The van der Waals surface area contributed by atoms with Crippen LogP contribution in [0.2, 0.25) is 5.02 Å². The van der Waals surface area contributed by atoms with E-state index in [0.717, 1.165) is 16.8 Å². The molecule has 7 heteroatoms. The van der Waals surface area contributed by atoms with E-state index < -0.39 is 0 Å². The van der Waals surface area contributed by atoms with Crippen molar-refractivity contribution in [1.29, 1.82) is 0 Å². The first kappa shape index (κ1) is 19.6. The maximum Gasteiger partial charge on any atom is 0.307 e. The molecular weight excluding hydrogens is 378 g/mol. The van der Waals surface area contributed by atoms with Crippen LogP contribution in [0.3, 0.4) is 0 Å². The molecule has 0 saturated heterocycles. The molecule has 0 aliphatic heterocycles. The summed E-state index contributed by atoms with van der Waals surface area (Å²) in [5, 5.41) is 8.04. The highest BCUT2D eigenvalue weighted by Gasteiger charge is 2.15. The van der Waals surface area contributed by atoms with E-state index in [9.17, 15) is 9.59 Å². The van der Waals surface area contributed by atoms with Crippen LogP contribution < -0.4 is 5.32 Å². The number of carbonyl (C=O) groups excluding carboxylic acids is 2. The van der Waals surface area contributed by atoms with Crippen molar-refractivity contribution in [1.82, 2.24) is 15.1 Å². The predicted molar refractivity (Wildman–Crippen MR) is 107 cm³/mol. The van der Waals surface area contributed by atoms with Crippen LogP contribution in [0.4, 0.5) is 0 Å². The van der Waals surface area contributed by atoms with Crippen LogP contribution in [-0.4, -0.2) is 35.3 Å². The van der Waals surface area contributed by atoms with E-state index in [1.165, 1.54) is 7.11 Å². The first-order chi connectivity index (χ1) is 13.6. The lowest BCUT2D eigenvalue weighted by molar-refractivity contribution is -0.140. The molecule has 1 amide bonds. The number of methoxy groups -OCH3 is 1. The minimum Gasteiger partial charge on any atom is -0.469 e. The Morgan fingerprint density at radius 3 is 2.50 bits per heavy atom. The number of halogens is 1. The number of para-hydroxylation sites is 1. The van der Waals surface area contributed by atoms with Crippen molar-refractivity contribution < 1.29 is 14.3 Å². The SMILES string of the molecule is COC(=O)CCNC(=O)Cc1cn(-c2ccccc2)nc1-c1ccc(Cl)cc1. The average Bonchev–Trinajstić information content (AvgIpc) is 3.12. The van der Waals surface area contributed by atoms with E-state index >= 15 is 0 Å². The van der Waals surface area contributed by atoms with Crippen molar-refractivity contribution in [2.45, 2.75) is 12.8 Å². The lowest BCUT2D eigenvalue weighted by atomic mass is 10.1. The maximum atomic E-state index is 12.3. The molecule has 3 aromatic rings. The Kier molecular flexibility index (Phi) is 6.45. The summed E-state index contributed by atoms with van der Waals surface area (Å²) in [6.45, 7) is 0.231. The fourth-order valence-corrected chi connectivity index (χ4v) is 2.87. The van der Waals surface area contributed by atoms with Gasteiger partial charge in [0.1, 0.15) is 0 Å². The minimum atomic E-state index is -0.362. The quantitative estimate of drug-likeness (QED) is 0.620. The van der Waals surface area contributed by atoms with Gasteiger partial charge in [0.05, 0.1) is 31.3 Å². The predicted octanol–water partition coefficient (Wildman–Crippen LogP) is 3.41. The smallest absolute Gasteiger partial charge is 0.307 e. The number of benzene rings is 2. The van der Waals surface area contributed by atoms with Crippen molar-refractivity contribution in [3.05, 3.63) is 71.4 Å². The molecule has 2 aromatic carbocycles. The Labute approximate surface area is 168 Å². The van der Waals surface area contributed by atoms with Crippen molar-refractivity contribution in [2.24, 2.45) is 0 Å². The van der Waals surface area contributed by atoms with Gasteiger partial charge in [-0.1, -0.05) is 41.9 Å². The third-order valence-electron chi connectivity index (χ3n) is 4.16. The second kappa shape index (κ2) is 9.19. The van der Waals surface area contributed by atoms with Gasteiger partial charge in [-0.15, -0.1) is 0 Å². The first-order valence-corrected chi connectivity index (χ1v) is 9.18. The van der Waals surface area contributed by atoms with E-state index in [1.807, 2.05) is 48.7 Å². The van der Waals surface area contributed by atoms with Crippen molar-refractivity contribution >= 4 is 23.5 Å². The number of hydrogen-bond donors (Lipinski definition) is 1. The molecule has 3 rings (SSSR count). The lowest BCUT2D eigenvalue weighted by Gasteiger charge is -2.05. The van der Waals surface area contributed by atoms with Gasteiger partial charge in [-0.3, -0.25) is 9.59 Å². The largest absolute Gasteiger partial charge is 0.469 e. The monoisotopic (exact) mass is 397 g/mol. The zero-order chi connectivity index (χ0) is 19.9. The fraction of sp³-hybridized carbons (Fsp3) is 0.190. The van der Waals surface area contributed by atoms with E-state index in [4.69, 9.17) is 11.6 Å². The summed E-state index contributed by atoms with van der Waals surface area (Å²) in [6, 6.07) is 17.0. The number of aromatic nitrogens is 2. The molecule has 0 radical (unpaired) electrons. The Morgan fingerprint density at radius 1 is 1.11 bits per heavy atom. The molecule has 0 bridgehead atoms. The van der Waals surface area contributed by atoms with Gasteiger partial charge in [-0.2, -0.15) is 5.10 Å². The summed E-state index contributed by atoms with van der Waals surface area (Å²) >= 11 is 5.99. The van der Waals surface area contributed by atoms with Crippen LogP contribution in [0.15, 0.2) is 60.8 Å². The number of carbonyl (C=O) groups is 2. The van der Waals surface area contributed by atoms with E-state index in [1.54, 1.807) is 16.8 Å². The normalized spacial score (nSPS) is 10.5. The molecule has 0 saturated carbocycles. The van der Waals surface area contributed by atoms with Crippen LogP contribution in [0.25, 0.3) is 16.9 Å². The van der Waals surface area contributed by atoms with Crippen LogP contribution in [-0.2, 0) is 20.7 Å². The second-order valence-corrected chi connectivity index (χ2v) is 6.58. The van der Waals surface area contributed by atoms with E-state index in [0.29, 0.717) is 10.7 Å². The van der Waals surface area contributed by atoms with Crippen molar-refractivity contribution in [2.75, 3.05) is 13.7 Å². The van der Waals surface area contributed by atoms with Crippen molar-refractivity contribution in [3.63, 3.8) is 0 Å². The van der Waals surface area contributed by atoms with Gasteiger partial charge in [-0.25, -0.2) is 4.68 Å². The number of nitrogens with one attached hydrogen (secondary N) is 1. The molecular formula is C21H20ClN3O3. The van der Waals surface area contributed by atoms with Gasteiger partial charge in [0, 0.05) is 28.9 Å². The summed E-state index contributed by atoms with van der Waals surface area (Å²) < 4.78 is 6.33. The Morgan fingerprint density at radius 2 is 1.82 bits per heavy atom. The summed E-state index contributed by atoms with van der Waals surface area (Å²) in [4.78, 5) is 23.5. The summed E-state index contributed by atoms with van der Waals surface area (Å²) in [6.07, 6.45) is 2.13. The highest BCUT2D eigenvalue weighted by molar-refractivity contribution is 6.30. The van der Waals surface area contributed by atoms with Gasteiger partial charge < -0.3 is 10.1 Å². The van der Waals surface area contributed by atoms with Gasteiger partial charge >= 0.3 is 5.97 Å². The lowest BCUT2D eigenvalue weighted by Crippen LogP contribution is -2.27. The van der Waals surface area contributed by atoms with Crippen LogP contribution in [0.1, 0.15) is 12.0 Å². The molecule has 1 aromatic heterocycles. The molecule has 28 heavy (non-hydrogen) atoms. The van der Waals surface area contributed by atoms with Crippen LogP contribution in [0.5, 0.6) is 0 Å². The van der Waals surface area contributed by atoms with Gasteiger partial charge in [0.15, 0.2) is 0 Å². The fourth-order valence-electron chi connectivity index (χ4n) is 2.74. The van der Waals surface area contributed by atoms with E-state index in [2.05, 4.69) is 15.2 Å². The van der Waals surface area contributed by atoms with Gasteiger partial charge in [-0.05, 0) is 24.3 Å². The minimum absolute atomic E-state index is 0.134. The maximum absolute atomic E-state index is 12.3. The summed E-state index contributed by atoms with van der Waals surface area (Å²) in [7, 11) is 1.32. The molecule has 1 heterocycles. The third kappa shape index (κ3) is 4.98. The summed E-state index contributed by atoms with van der Waals surface area (Å²) in [5.74, 6) is -0.550. The highest BCUT2D eigenvalue weighted by atomic mass is 35.5. The van der Waals surface area contributed by atoms with Gasteiger partial charge in [0.25, 0.3) is 0 Å². The molecule has 6 nitrogen and oxygen atoms in total. The Hall–Kier alpha value is -3.12. The Bertz CT molecular complexity index is 953. The Balaban J connectivity index is 1.83. The van der Waals surface area contributed by atoms with Gasteiger partial charge in [0.2, 0.25) is 5.91 Å². The standard InChI is InChI=1S/C21H20ClN3O3/c1-28-20(27)11-12-23-19(26)13-16-14-25(18-5-3-2-4-6-18)24-21(16)15-7-9-17(22)10-8-15/h2-10,14H,11-13H2,1H3,(H,23,26). The van der Waals surface area contributed by atoms with Crippen LogP contribution >= 0.6 is 11.6 Å². The topological polar surface area (TPSA) is 73.2 Å². The number of nitrogens with zero attached hydrogens (tertiary/aromatic N) is 2. The van der Waals surface area contributed by atoms with Crippen LogP contribution in [0, 0.1) is 0 Å². The summed E-state index contributed by atoms with van der Waals surface area (Å²) in [5.41, 5.74) is 3.26. The third-order valence-corrected chi connectivity index (χ3v) is 4.41. The number of ether oxygens (including phenoxy) is 1. The zero-order valence-corrected chi connectivity index (χ0v) is 16.1. The van der Waals surface area contributed by atoms with Crippen molar-refractivity contribution in [3.8, 4) is 16.9 Å². The molecule has 0 spiro atoms. The zero-order valence-electron chi connectivity index (χ0n) is 15.4. The molecule has 0 fully saturated rings. The average molecular weight is 398 g/mol.